The lowest BCUT2D eigenvalue weighted by molar-refractivity contribution is 0.146. The molecule has 3 rings (SSSR count). The predicted octanol–water partition coefficient (Wildman–Crippen LogP) is 3.14. The highest BCUT2D eigenvalue weighted by Gasteiger charge is 2.14. The van der Waals surface area contributed by atoms with Crippen molar-refractivity contribution in [2.75, 3.05) is 24.6 Å². The number of carbonyl (C=O) groups excluding carboxylic acids is 1. The Morgan fingerprint density at radius 2 is 2.07 bits per heavy atom. The molecule has 0 fully saturated rings. The first-order chi connectivity index (χ1) is 14.0. The number of rotatable bonds is 8. The van der Waals surface area contributed by atoms with Crippen molar-refractivity contribution in [3.63, 3.8) is 0 Å². The van der Waals surface area contributed by atoms with Crippen LogP contribution in [0.25, 0.3) is 11.0 Å². The number of fused-ring (bicyclic) bond motifs is 1. The lowest BCUT2D eigenvalue weighted by atomic mass is 10.0. The van der Waals surface area contributed by atoms with Gasteiger partial charge in [0.15, 0.2) is 0 Å². The van der Waals surface area contributed by atoms with Crippen LogP contribution in [0, 0.1) is 6.92 Å². The lowest BCUT2D eigenvalue weighted by Crippen LogP contribution is -2.25. The predicted molar refractivity (Wildman–Crippen MR) is 111 cm³/mol. The zero-order chi connectivity index (χ0) is 20.8. The van der Waals surface area contributed by atoms with Crippen LogP contribution in [0.5, 0.6) is 0 Å². The highest BCUT2D eigenvalue weighted by Crippen LogP contribution is 2.25. The van der Waals surface area contributed by atoms with Gasteiger partial charge in [0.05, 0.1) is 18.8 Å². The Hall–Kier alpha value is -3.29. The summed E-state index contributed by atoms with van der Waals surface area (Å²) in [5.41, 5.74) is 3.34. The number of ether oxygens (including phenoxy) is 1. The molecule has 0 bridgehead atoms. The molecule has 1 amide bonds. The normalized spacial score (nSPS) is 10.9. The number of hydrogen-bond donors (Lipinski definition) is 2. The van der Waals surface area contributed by atoms with E-state index in [9.17, 15) is 9.59 Å². The SMILES string of the molecule is CCN(CC)c1ccc2c(C)c(CCOC(=O)NCc3ccn[nH]3)c(=O)oc2c1. The van der Waals surface area contributed by atoms with E-state index < -0.39 is 11.7 Å². The third-order valence-electron chi connectivity index (χ3n) is 4.97. The molecule has 8 nitrogen and oxygen atoms in total. The van der Waals surface area contributed by atoms with Gasteiger partial charge >= 0.3 is 11.7 Å². The Morgan fingerprint density at radius 3 is 2.76 bits per heavy atom. The fraction of sp³-hybridized carbons (Fsp3) is 0.381. The number of amides is 1. The molecule has 0 saturated heterocycles. The number of aromatic amines is 1. The van der Waals surface area contributed by atoms with Gasteiger partial charge in [0.2, 0.25) is 0 Å². The van der Waals surface area contributed by atoms with Crippen molar-refractivity contribution in [2.45, 2.75) is 33.7 Å². The summed E-state index contributed by atoms with van der Waals surface area (Å²) < 4.78 is 10.7. The quantitative estimate of drug-likeness (QED) is 0.566. The molecule has 2 heterocycles. The van der Waals surface area contributed by atoms with Crippen molar-refractivity contribution in [1.29, 1.82) is 0 Å². The molecule has 0 radical (unpaired) electrons. The van der Waals surface area contributed by atoms with Gasteiger partial charge in [-0.25, -0.2) is 9.59 Å². The molecule has 0 aliphatic rings. The lowest BCUT2D eigenvalue weighted by Gasteiger charge is -2.21. The minimum absolute atomic E-state index is 0.0868. The molecule has 8 heteroatoms. The number of nitrogens with zero attached hydrogens (tertiary/aromatic N) is 2. The Balaban J connectivity index is 1.67. The van der Waals surface area contributed by atoms with Gasteiger partial charge in [-0.1, -0.05) is 0 Å². The Kier molecular flexibility index (Phi) is 6.54. The molecule has 0 atom stereocenters. The number of alkyl carbamates (subject to hydrolysis) is 1. The van der Waals surface area contributed by atoms with Gasteiger partial charge in [-0.2, -0.15) is 5.10 Å². The van der Waals surface area contributed by atoms with Crippen molar-refractivity contribution >= 4 is 22.7 Å². The van der Waals surface area contributed by atoms with Crippen molar-refractivity contribution in [3.05, 3.63) is 57.7 Å². The average molecular weight is 398 g/mol. The van der Waals surface area contributed by atoms with Gasteiger partial charge in [-0.05, 0) is 44.5 Å². The molecule has 0 unspecified atom stereocenters. The molecule has 3 aromatic rings. The third kappa shape index (κ3) is 4.77. The number of hydrogen-bond acceptors (Lipinski definition) is 6. The summed E-state index contributed by atoms with van der Waals surface area (Å²) in [4.78, 5) is 26.5. The van der Waals surface area contributed by atoms with Gasteiger partial charge in [-0.3, -0.25) is 5.10 Å². The molecule has 0 aliphatic heterocycles. The number of benzene rings is 1. The van der Waals surface area contributed by atoms with Gasteiger partial charge in [0.1, 0.15) is 5.58 Å². The van der Waals surface area contributed by atoms with Crippen molar-refractivity contribution in [1.82, 2.24) is 15.5 Å². The smallest absolute Gasteiger partial charge is 0.407 e. The minimum atomic E-state index is -0.550. The van der Waals surface area contributed by atoms with Crippen LogP contribution in [0.15, 0.2) is 39.7 Å². The number of carbonyl (C=O) groups is 1. The fourth-order valence-corrected chi connectivity index (χ4v) is 3.30. The van der Waals surface area contributed by atoms with Gasteiger partial charge in [0, 0.05) is 48.4 Å². The molecule has 2 aromatic heterocycles. The van der Waals surface area contributed by atoms with Crippen molar-refractivity contribution in [3.8, 4) is 0 Å². The number of aromatic nitrogens is 2. The number of anilines is 1. The molecule has 1 aromatic carbocycles. The van der Waals surface area contributed by atoms with E-state index in [1.54, 1.807) is 12.3 Å². The second-order valence-electron chi connectivity index (χ2n) is 6.67. The van der Waals surface area contributed by atoms with Crippen LogP contribution in [-0.4, -0.2) is 36.0 Å². The highest BCUT2D eigenvalue weighted by atomic mass is 16.5. The molecule has 2 N–H and O–H groups in total. The maximum absolute atomic E-state index is 12.5. The topological polar surface area (TPSA) is 100 Å². The Labute approximate surface area is 168 Å². The number of aryl methyl sites for hydroxylation is 1. The van der Waals surface area contributed by atoms with Gasteiger partial charge in [0.25, 0.3) is 0 Å². The third-order valence-corrected chi connectivity index (χ3v) is 4.97. The molecular weight excluding hydrogens is 372 g/mol. The fourth-order valence-electron chi connectivity index (χ4n) is 3.30. The van der Waals surface area contributed by atoms with E-state index in [1.807, 2.05) is 25.1 Å². The maximum atomic E-state index is 12.5. The van der Waals surface area contributed by atoms with Crippen LogP contribution >= 0.6 is 0 Å². The molecule has 0 spiro atoms. The van der Waals surface area contributed by atoms with Crippen LogP contribution in [0.1, 0.15) is 30.7 Å². The summed E-state index contributed by atoms with van der Waals surface area (Å²) in [6.07, 6.45) is 1.35. The molecule has 0 saturated carbocycles. The first-order valence-electron chi connectivity index (χ1n) is 9.73. The summed E-state index contributed by atoms with van der Waals surface area (Å²) >= 11 is 0. The number of H-pyrrole nitrogens is 1. The van der Waals surface area contributed by atoms with Gasteiger partial charge < -0.3 is 19.4 Å². The number of nitrogens with one attached hydrogen (secondary N) is 2. The van der Waals surface area contributed by atoms with E-state index in [-0.39, 0.29) is 6.61 Å². The minimum Gasteiger partial charge on any atom is -0.449 e. The summed E-state index contributed by atoms with van der Waals surface area (Å²) in [5.74, 6) is 0. The van der Waals surface area contributed by atoms with E-state index in [2.05, 4.69) is 34.3 Å². The van der Waals surface area contributed by atoms with E-state index >= 15 is 0 Å². The monoisotopic (exact) mass is 398 g/mol. The van der Waals surface area contributed by atoms with E-state index in [1.165, 1.54) is 0 Å². The summed E-state index contributed by atoms with van der Waals surface area (Å²) in [6, 6.07) is 7.67. The van der Waals surface area contributed by atoms with Gasteiger partial charge in [-0.15, -0.1) is 0 Å². The van der Waals surface area contributed by atoms with Crippen LogP contribution < -0.4 is 15.8 Å². The second kappa shape index (κ2) is 9.27. The summed E-state index contributed by atoms with van der Waals surface area (Å²) in [5, 5.41) is 10.1. The van der Waals surface area contributed by atoms with E-state index in [0.29, 0.717) is 24.1 Å². The summed E-state index contributed by atoms with van der Waals surface area (Å²) in [6.45, 7) is 8.21. The second-order valence-corrected chi connectivity index (χ2v) is 6.67. The van der Waals surface area contributed by atoms with Crippen LogP contribution in [0.4, 0.5) is 10.5 Å². The average Bonchev–Trinajstić information content (AvgIpc) is 3.23. The van der Waals surface area contributed by atoms with Crippen molar-refractivity contribution < 1.29 is 13.9 Å². The highest BCUT2D eigenvalue weighted by molar-refractivity contribution is 5.84. The Morgan fingerprint density at radius 1 is 1.28 bits per heavy atom. The molecule has 154 valence electrons. The molecular formula is C21H26N4O4. The standard InChI is InChI=1S/C21H26N4O4/c1-4-25(5-2)16-6-7-17-14(3)18(20(26)29-19(17)12-16)9-11-28-21(27)22-13-15-8-10-23-24-15/h6-8,10,12H,4-5,9,11,13H2,1-3H3,(H,22,27)(H,23,24). The Bertz CT molecular complexity index is 1020. The van der Waals surface area contributed by atoms with Crippen LogP contribution in [0.3, 0.4) is 0 Å². The maximum Gasteiger partial charge on any atom is 0.407 e. The summed E-state index contributed by atoms with van der Waals surface area (Å²) in [7, 11) is 0. The first-order valence-corrected chi connectivity index (χ1v) is 9.73. The zero-order valence-electron chi connectivity index (χ0n) is 16.9. The van der Waals surface area contributed by atoms with E-state index in [4.69, 9.17) is 9.15 Å². The van der Waals surface area contributed by atoms with Crippen LogP contribution in [-0.2, 0) is 17.7 Å². The van der Waals surface area contributed by atoms with E-state index in [0.717, 1.165) is 35.4 Å². The molecule has 0 aliphatic carbocycles. The molecule has 29 heavy (non-hydrogen) atoms. The first kappa shape index (κ1) is 20.4. The zero-order valence-corrected chi connectivity index (χ0v) is 16.9. The largest absolute Gasteiger partial charge is 0.449 e. The van der Waals surface area contributed by atoms with Crippen LogP contribution in [0.2, 0.25) is 0 Å². The van der Waals surface area contributed by atoms with Crippen molar-refractivity contribution in [2.24, 2.45) is 0 Å².